The van der Waals surface area contributed by atoms with Crippen molar-refractivity contribution in [1.29, 1.82) is 0 Å². The molecule has 0 aromatic heterocycles. The average Bonchev–Trinajstić information content (AvgIpc) is 2.81. The molecule has 9 heteroatoms. The van der Waals surface area contributed by atoms with Crippen molar-refractivity contribution in [2.24, 2.45) is 0 Å². The fourth-order valence-corrected chi connectivity index (χ4v) is 3.79. The zero-order chi connectivity index (χ0) is 23.6. The summed E-state index contributed by atoms with van der Waals surface area (Å²) in [5.41, 5.74) is 2.10. The summed E-state index contributed by atoms with van der Waals surface area (Å²) in [5, 5.41) is 2.93. The van der Waals surface area contributed by atoms with Crippen LogP contribution in [0.4, 0.5) is 8.78 Å². The minimum absolute atomic E-state index is 0.0130. The van der Waals surface area contributed by atoms with Crippen LogP contribution in [0, 0.1) is 0 Å². The third-order valence-electron chi connectivity index (χ3n) is 5.57. The Labute approximate surface area is 193 Å². The molecule has 0 bridgehead atoms. The van der Waals surface area contributed by atoms with Crippen LogP contribution in [0.2, 0.25) is 0 Å². The van der Waals surface area contributed by atoms with Crippen molar-refractivity contribution in [2.75, 3.05) is 53.5 Å². The minimum atomic E-state index is -2.83. The minimum Gasteiger partial charge on any atom is -0.493 e. The molecule has 1 N–H and O–H groups in total. The molecule has 2 aromatic rings. The van der Waals surface area contributed by atoms with Crippen LogP contribution in [-0.4, -0.2) is 75.8 Å². The summed E-state index contributed by atoms with van der Waals surface area (Å²) in [6.07, 6.45) is 0.625. The first kappa shape index (κ1) is 24.7. The Morgan fingerprint density at radius 2 is 1.58 bits per heavy atom. The second kappa shape index (κ2) is 12.4. The van der Waals surface area contributed by atoms with E-state index in [0.717, 1.165) is 55.3 Å². The highest BCUT2D eigenvalue weighted by atomic mass is 19.3. The summed E-state index contributed by atoms with van der Waals surface area (Å²) in [5.74, 6) is 1.56. The van der Waals surface area contributed by atoms with Gasteiger partial charge in [-0.25, -0.2) is 0 Å². The van der Waals surface area contributed by atoms with E-state index in [1.807, 2.05) is 18.2 Å². The lowest BCUT2D eigenvalue weighted by molar-refractivity contribution is -0.122. The van der Waals surface area contributed by atoms with Crippen LogP contribution in [-0.2, 0) is 17.8 Å². The van der Waals surface area contributed by atoms with Gasteiger partial charge in [-0.05, 0) is 41.8 Å². The van der Waals surface area contributed by atoms with Crippen LogP contribution in [0.3, 0.4) is 0 Å². The van der Waals surface area contributed by atoms with Crippen molar-refractivity contribution in [3.8, 4) is 17.2 Å². The Hall–Kier alpha value is -2.91. The number of carbonyl (C=O) groups excluding carboxylic acids is 1. The molecular formula is C24H31F2N3O4. The number of ether oxygens (including phenoxy) is 3. The van der Waals surface area contributed by atoms with Crippen LogP contribution >= 0.6 is 0 Å². The number of hydrogen-bond acceptors (Lipinski definition) is 6. The van der Waals surface area contributed by atoms with Crippen molar-refractivity contribution < 1.29 is 27.8 Å². The lowest BCUT2D eigenvalue weighted by Crippen LogP contribution is -2.49. The van der Waals surface area contributed by atoms with Gasteiger partial charge in [0, 0.05) is 39.3 Å². The molecule has 0 spiro atoms. The monoisotopic (exact) mass is 463 g/mol. The van der Waals surface area contributed by atoms with E-state index in [1.165, 1.54) is 12.1 Å². The smallest absolute Gasteiger partial charge is 0.387 e. The van der Waals surface area contributed by atoms with Crippen molar-refractivity contribution >= 4 is 5.91 Å². The van der Waals surface area contributed by atoms with Gasteiger partial charge in [-0.3, -0.25) is 14.6 Å². The Morgan fingerprint density at radius 3 is 2.21 bits per heavy atom. The van der Waals surface area contributed by atoms with E-state index >= 15 is 0 Å². The first-order chi connectivity index (χ1) is 16.0. The lowest BCUT2D eigenvalue weighted by atomic mass is 10.1. The van der Waals surface area contributed by atoms with Crippen LogP contribution < -0.4 is 19.5 Å². The van der Waals surface area contributed by atoms with E-state index in [4.69, 9.17) is 9.47 Å². The third-order valence-corrected chi connectivity index (χ3v) is 5.57. The molecule has 0 unspecified atom stereocenters. The molecule has 1 fully saturated rings. The summed E-state index contributed by atoms with van der Waals surface area (Å²) < 4.78 is 39.4. The van der Waals surface area contributed by atoms with Crippen molar-refractivity contribution in [1.82, 2.24) is 15.1 Å². The van der Waals surface area contributed by atoms with Crippen LogP contribution in [0.5, 0.6) is 17.2 Å². The molecule has 1 aliphatic heterocycles. The number of nitrogens with one attached hydrogen (secondary N) is 1. The van der Waals surface area contributed by atoms with Crippen LogP contribution in [0.25, 0.3) is 0 Å². The Balaban J connectivity index is 1.34. The highest BCUT2D eigenvalue weighted by Crippen LogP contribution is 2.28. The maximum Gasteiger partial charge on any atom is 0.387 e. The average molecular weight is 464 g/mol. The van der Waals surface area contributed by atoms with E-state index in [9.17, 15) is 13.6 Å². The summed E-state index contributed by atoms with van der Waals surface area (Å²) in [7, 11) is 3.26. The summed E-state index contributed by atoms with van der Waals surface area (Å²) in [6, 6.07) is 12.4. The molecule has 0 saturated carbocycles. The number of nitrogens with zero attached hydrogens (tertiary/aromatic N) is 2. The molecule has 1 heterocycles. The number of alkyl halides is 2. The predicted octanol–water partition coefficient (Wildman–Crippen LogP) is 2.78. The molecule has 0 aliphatic carbocycles. The number of benzene rings is 2. The maximum absolute atomic E-state index is 12.3. The quantitative estimate of drug-likeness (QED) is 0.553. The first-order valence-electron chi connectivity index (χ1n) is 10.9. The SMILES string of the molecule is COc1ccc(CN2CCN(CC(=O)NCCc3ccc(OC(F)F)cc3)CC2)cc1OC. The second-order valence-electron chi connectivity index (χ2n) is 7.86. The van der Waals surface area contributed by atoms with Gasteiger partial charge in [0.1, 0.15) is 5.75 Å². The second-order valence-corrected chi connectivity index (χ2v) is 7.86. The molecule has 7 nitrogen and oxygen atoms in total. The molecule has 0 radical (unpaired) electrons. The van der Waals surface area contributed by atoms with E-state index in [1.54, 1.807) is 26.4 Å². The molecule has 180 valence electrons. The van der Waals surface area contributed by atoms with Gasteiger partial charge in [0.05, 0.1) is 20.8 Å². The van der Waals surface area contributed by atoms with Crippen molar-refractivity contribution in [2.45, 2.75) is 19.6 Å². The molecule has 1 amide bonds. The normalized spacial score (nSPS) is 14.8. The zero-order valence-corrected chi connectivity index (χ0v) is 19.1. The number of amides is 1. The molecule has 0 atom stereocenters. The molecule has 1 saturated heterocycles. The van der Waals surface area contributed by atoms with Gasteiger partial charge in [0.15, 0.2) is 11.5 Å². The van der Waals surface area contributed by atoms with Gasteiger partial charge in [0.25, 0.3) is 0 Å². The topological polar surface area (TPSA) is 63.3 Å². The van der Waals surface area contributed by atoms with Gasteiger partial charge in [-0.1, -0.05) is 18.2 Å². The predicted molar refractivity (Wildman–Crippen MR) is 121 cm³/mol. The lowest BCUT2D eigenvalue weighted by Gasteiger charge is -2.34. The van der Waals surface area contributed by atoms with Gasteiger partial charge < -0.3 is 19.5 Å². The number of hydrogen-bond donors (Lipinski definition) is 1. The Bertz CT molecular complexity index is 888. The fraction of sp³-hybridized carbons (Fsp3) is 0.458. The number of piperazine rings is 1. The molecule has 2 aromatic carbocycles. The third kappa shape index (κ3) is 7.87. The van der Waals surface area contributed by atoms with E-state index in [-0.39, 0.29) is 11.7 Å². The van der Waals surface area contributed by atoms with Gasteiger partial charge >= 0.3 is 6.61 Å². The van der Waals surface area contributed by atoms with E-state index in [2.05, 4.69) is 19.9 Å². The number of rotatable bonds is 11. The highest BCUT2D eigenvalue weighted by molar-refractivity contribution is 5.78. The fourth-order valence-electron chi connectivity index (χ4n) is 3.79. The standard InChI is InChI=1S/C24H31F2N3O4/c1-31-21-8-5-19(15-22(21)32-2)16-28-11-13-29(14-12-28)17-23(30)27-10-9-18-3-6-20(7-4-18)33-24(25)26/h3-8,15,24H,9-14,16-17H2,1-2H3,(H,27,30). The summed E-state index contributed by atoms with van der Waals surface area (Å²) >= 11 is 0. The zero-order valence-electron chi connectivity index (χ0n) is 19.1. The number of methoxy groups -OCH3 is 2. The van der Waals surface area contributed by atoms with E-state index in [0.29, 0.717) is 19.5 Å². The molecule has 33 heavy (non-hydrogen) atoms. The Morgan fingerprint density at radius 1 is 0.939 bits per heavy atom. The number of halogens is 2. The van der Waals surface area contributed by atoms with Crippen LogP contribution in [0.1, 0.15) is 11.1 Å². The number of carbonyl (C=O) groups is 1. The van der Waals surface area contributed by atoms with Gasteiger partial charge in [-0.15, -0.1) is 0 Å². The largest absolute Gasteiger partial charge is 0.493 e. The summed E-state index contributed by atoms with van der Waals surface area (Å²) in [6.45, 7) is 2.27. The van der Waals surface area contributed by atoms with Crippen LogP contribution in [0.15, 0.2) is 42.5 Å². The highest BCUT2D eigenvalue weighted by Gasteiger charge is 2.19. The Kier molecular flexibility index (Phi) is 9.26. The van der Waals surface area contributed by atoms with Crippen molar-refractivity contribution in [3.63, 3.8) is 0 Å². The van der Waals surface area contributed by atoms with Crippen molar-refractivity contribution in [3.05, 3.63) is 53.6 Å². The van der Waals surface area contributed by atoms with E-state index < -0.39 is 6.61 Å². The molecule has 1 aliphatic rings. The summed E-state index contributed by atoms with van der Waals surface area (Å²) in [4.78, 5) is 16.8. The molecular weight excluding hydrogens is 432 g/mol. The van der Waals surface area contributed by atoms with Gasteiger partial charge in [-0.2, -0.15) is 8.78 Å². The maximum atomic E-state index is 12.3. The molecule has 3 rings (SSSR count). The van der Waals surface area contributed by atoms with Gasteiger partial charge in [0.2, 0.25) is 5.91 Å². The first-order valence-corrected chi connectivity index (χ1v) is 10.9.